The minimum atomic E-state index is -4.03. The zero-order valence-corrected chi connectivity index (χ0v) is 8.40. The summed E-state index contributed by atoms with van der Waals surface area (Å²) in [6, 6.07) is 0.631. The van der Waals surface area contributed by atoms with Gasteiger partial charge in [0.25, 0.3) is 0 Å². The van der Waals surface area contributed by atoms with Crippen LogP contribution in [0.4, 0.5) is 13.2 Å². The Bertz CT molecular complexity index is 166. The molecule has 1 aliphatic rings. The summed E-state index contributed by atoms with van der Waals surface area (Å²) in [5.74, 6) is 0. The Hall–Kier alpha value is -0.290. The van der Waals surface area contributed by atoms with Crippen molar-refractivity contribution in [3.05, 3.63) is 0 Å². The molecule has 0 aromatic heterocycles. The fourth-order valence-electron chi connectivity index (χ4n) is 1.18. The van der Waals surface area contributed by atoms with Gasteiger partial charge in [-0.1, -0.05) is 0 Å². The quantitative estimate of drug-likeness (QED) is 0.716. The molecule has 1 saturated carbocycles. The van der Waals surface area contributed by atoms with E-state index in [1.54, 1.807) is 11.9 Å². The summed E-state index contributed by atoms with van der Waals surface area (Å²) in [6.07, 6.45) is -2.32. The van der Waals surface area contributed by atoms with E-state index in [-0.39, 0.29) is 6.54 Å². The van der Waals surface area contributed by atoms with Crippen LogP contribution in [0.2, 0.25) is 0 Å². The molecule has 0 spiro atoms. The van der Waals surface area contributed by atoms with E-state index >= 15 is 0 Å². The Morgan fingerprint density at radius 2 is 1.93 bits per heavy atom. The topological polar surface area (TPSA) is 15.3 Å². The Labute approximate surface area is 82.5 Å². The van der Waals surface area contributed by atoms with Crippen molar-refractivity contribution in [3.8, 4) is 0 Å². The minimum absolute atomic E-state index is 0.0931. The van der Waals surface area contributed by atoms with Crippen molar-refractivity contribution in [2.45, 2.75) is 31.5 Å². The molecule has 0 atom stereocenters. The predicted octanol–water partition coefficient (Wildman–Crippen LogP) is 1.62. The largest absolute Gasteiger partial charge is 0.390 e. The zero-order valence-electron chi connectivity index (χ0n) is 8.40. The van der Waals surface area contributed by atoms with Gasteiger partial charge in [-0.15, -0.1) is 0 Å². The standard InChI is InChI=1S/C9H17F3N2/c1-14(6-4-9(10,11)12)7-5-13-8-2-3-8/h8,13H,2-7H2,1H3. The van der Waals surface area contributed by atoms with E-state index in [1.165, 1.54) is 12.8 Å². The molecule has 0 unspecified atom stereocenters. The summed E-state index contributed by atoms with van der Waals surface area (Å²) < 4.78 is 35.5. The van der Waals surface area contributed by atoms with Gasteiger partial charge in [0.15, 0.2) is 0 Å². The van der Waals surface area contributed by atoms with Crippen molar-refractivity contribution in [1.82, 2.24) is 10.2 Å². The second-order valence-corrected chi connectivity index (χ2v) is 3.90. The van der Waals surface area contributed by atoms with Gasteiger partial charge in [0.05, 0.1) is 6.42 Å². The van der Waals surface area contributed by atoms with E-state index in [4.69, 9.17) is 0 Å². The van der Waals surface area contributed by atoms with E-state index in [0.717, 1.165) is 6.54 Å². The molecule has 0 saturated heterocycles. The van der Waals surface area contributed by atoms with Crippen molar-refractivity contribution < 1.29 is 13.2 Å². The molecule has 14 heavy (non-hydrogen) atoms. The molecular formula is C9H17F3N2. The third kappa shape index (κ3) is 6.21. The highest BCUT2D eigenvalue weighted by atomic mass is 19.4. The molecule has 1 aliphatic carbocycles. The van der Waals surface area contributed by atoms with Crippen LogP contribution in [0, 0.1) is 0 Å². The molecule has 0 radical (unpaired) electrons. The molecule has 0 heterocycles. The molecule has 0 amide bonds. The van der Waals surface area contributed by atoms with Crippen molar-refractivity contribution >= 4 is 0 Å². The average molecular weight is 210 g/mol. The highest BCUT2D eigenvalue weighted by molar-refractivity contribution is 4.80. The van der Waals surface area contributed by atoms with Gasteiger partial charge in [-0.2, -0.15) is 13.2 Å². The highest BCUT2D eigenvalue weighted by Crippen LogP contribution is 2.19. The van der Waals surface area contributed by atoms with Crippen LogP contribution in [0.5, 0.6) is 0 Å². The summed E-state index contributed by atoms with van der Waals surface area (Å²) in [7, 11) is 1.72. The van der Waals surface area contributed by atoms with Crippen molar-refractivity contribution in [3.63, 3.8) is 0 Å². The SMILES string of the molecule is CN(CCNC1CC1)CCC(F)(F)F. The summed E-state index contributed by atoms with van der Waals surface area (Å²) in [4.78, 5) is 1.71. The van der Waals surface area contributed by atoms with Crippen molar-refractivity contribution in [2.75, 3.05) is 26.7 Å². The third-order valence-electron chi connectivity index (χ3n) is 2.28. The lowest BCUT2D eigenvalue weighted by Crippen LogP contribution is -2.32. The number of hydrogen-bond acceptors (Lipinski definition) is 2. The lowest BCUT2D eigenvalue weighted by molar-refractivity contribution is -0.137. The van der Waals surface area contributed by atoms with Gasteiger partial charge < -0.3 is 10.2 Å². The molecular weight excluding hydrogens is 193 g/mol. The number of halogens is 3. The van der Waals surface area contributed by atoms with Gasteiger partial charge in [-0.25, -0.2) is 0 Å². The normalized spacial score (nSPS) is 17.8. The number of hydrogen-bond donors (Lipinski definition) is 1. The van der Waals surface area contributed by atoms with Gasteiger partial charge in [0.1, 0.15) is 0 Å². The van der Waals surface area contributed by atoms with Gasteiger partial charge in [-0.05, 0) is 19.9 Å². The van der Waals surface area contributed by atoms with Gasteiger partial charge in [0.2, 0.25) is 0 Å². The van der Waals surface area contributed by atoms with E-state index in [9.17, 15) is 13.2 Å². The molecule has 1 fully saturated rings. The van der Waals surface area contributed by atoms with Crippen LogP contribution in [-0.2, 0) is 0 Å². The number of rotatable bonds is 6. The van der Waals surface area contributed by atoms with Crippen molar-refractivity contribution in [1.29, 1.82) is 0 Å². The molecule has 0 aromatic carbocycles. The molecule has 84 valence electrons. The van der Waals surface area contributed by atoms with Crippen LogP contribution < -0.4 is 5.32 Å². The van der Waals surface area contributed by atoms with E-state index in [0.29, 0.717) is 12.6 Å². The zero-order chi connectivity index (χ0) is 10.6. The van der Waals surface area contributed by atoms with Gasteiger partial charge in [-0.3, -0.25) is 0 Å². The maximum absolute atomic E-state index is 11.8. The smallest absolute Gasteiger partial charge is 0.313 e. The first kappa shape index (κ1) is 11.8. The van der Waals surface area contributed by atoms with Crippen LogP contribution in [-0.4, -0.2) is 43.8 Å². The first-order chi connectivity index (χ1) is 6.47. The molecule has 0 bridgehead atoms. The highest BCUT2D eigenvalue weighted by Gasteiger charge is 2.27. The summed E-state index contributed by atoms with van der Waals surface area (Å²) >= 11 is 0. The summed E-state index contributed by atoms with van der Waals surface area (Å²) in [6.45, 7) is 1.57. The second-order valence-electron chi connectivity index (χ2n) is 3.90. The Kier molecular flexibility index (Phi) is 4.19. The second kappa shape index (κ2) is 4.98. The van der Waals surface area contributed by atoms with Crippen LogP contribution in [0.25, 0.3) is 0 Å². The molecule has 0 aliphatic heterocycles. The molecule has 1 rings (SSSR count). The van der Waals surface area contributed by atoms with Crippen molar-refractivity contribution in [2.24, 2.45) is 0 Å². The van der Waals surface area contributed by atoms with Gasteiger partial charge >= 0.3 is 6.18 Å². The molecule has 1 N–H and O–H groups in total. The molecule has 5 heteroatoms. The monoisotopic (exact) mass is 210 g/mol. The van der Waals surface area contributed by atoms with Crippen LogP contribution in [0.1, 0.15) is 19.3 Å². The maximum atomic E-state index is 11.8. The summed E-state index contributed by atoms with van der Waals surface area (Å²) in [5, 5.41) is 3.26. The van der Waals surface area contributed by atoms with Crippen LogP contribution in [0.3, 0.4) is 0 Å². The van der Waals surface area contributed by atoms with E-state index in [1.807, 2.05) is 0 Å². The fourth-order valence-corrected chi connectivity index (χ4v) is 1.18. The maximum Gasteiger partial charge on any atom is 0.390 e. The third-order valence-corrected chi connectivity index (χ3v) is 2.28. The number of likely N-dealkylation sites (N-methyl/N-ethyl adjacent to an activating group) is 1. The van der Waals surface area contributed by atoms with E-state index in [2.05, 4.69) is 5.32 Å². The Morgan fingerprint density at radius 1 is 1.29 bits per heavy atom. The first-order valence-electron chi connectivity index (χ1n) is 4.96. The lowest BCUT2D eigenvalue weighted by Gasteiger charge is -2.17. The number of alkyl halides is 3. The Balaban J connectivity index is 1.94. The first-order valence-corrected chi connectivity index (χ1v) is 4.96. The molecule has 2 nitrogen and oxygen atoms in total. The number of nitrogens with zero attached hydrogens (tertiary/aromatic N) is 1. The molecule has 0 aromatic rings. The van der Waals surface area contributed by atoms with Crippen LogP contribution in [0.15, 0.2) is 0 Å². The lowest BCUT2D eigenvalue weighted by atomic mass is 10.4. The predicted molar refractivity (Wildman–Crippen MR) is 49.2 cm³/mol. The van der Waals surface area contributed by atoms with E-state index < -0.39 is 12.6 Å². The van der Waals surface area contributed by atoms with Gasteiger partial charge in [0, 0.05) is 25.7 Å². The summed E-state index contributed by atoms with van der Waals surface area (Å²) in [5.41, 5.74) is 0. The Morgan fingerprint density at radius 3 is 2.43 bits per heavy atom. The van der Waals surface area contributed by atoms with Crippen LogP contribution >= 0.6 is 0 Å². The minimum Gasteiger partial charge on any atom is -0.313 e. The fraction of sp³-hybridized carbons (Fsp3) is 1.00. The number of nitrogens with one attached hydrogen (secondary N) is 1. The average Bonchev–Trinajstić information content (AvgIpc) is 2.83.